The van der Waals surface area contributed by atoms with Crippen LogP contribution in [-0.4, -0.2) is 59.9 Å². The van der Waals surface area contributed by atoms with Crippen molar-refractivity contribution in [2.75, 3.05) is 42.7 Å². The average molecular weight is 511 g/mol. The van der Waals surface area contributed by atoms with E-state index in [0.717, 1.165) is 25.7 Å². The molecule has 0 spiro atoms. The summed E-state index contributed by atoms with van der Waals surface area (Å²) < 4.78 is 5.90. The molecule has 0 unspecified atom stereocenters. The Labute approximate surface area is 215 Å². The summed E-state index contributed by atoms with van der Waals surface area (Å²) in [5.74, 6) is 0.264. The molecule has 0 radical (unpaired) electrons. The van der Waals surface area contributed by atoms with Crippen LogP contribution in [0.25, 0.3) is 11.1 Å². The normalized spacial score (nSPS) is 20.4. The summed E-state index contributed by atoms with van der Waals surface area (Å²) in [6.07, 6.45) is 7.68. The molecule has 1 aliphatic carbocycles. The zero-order valence-electron chi connectivity index (χ0n) is 20.6. The Bertz CT molecular complexity index is 1240. The molecule has 2 fully saturated rings. The maximum atomic E-state index is 13.4. The van der Waals surface area contributed by atoms with Crippen molar-refractivity contribution in [3.8, 4) is 0 Å². The molecule has 2 amide bonds. The fourth-order valence-electron chi connectivity index (χ4n) is 5.15. The van der Waals surface area contributed by atoms with Gasteiger partial charge < -0.3 is 24.9 Å². The molecule has 36 heavy (non-hydrogen) atoms. The average Bonchev–Trinajstić information content (AvgIpc) is 3.54. The highest BCUT2D eigenvalue weighted by atomic mass is 35.5. The zero-order chi connectivity index (χ0) is 25.2. The van der Waals surface area contributed by atoms with Crippen molar-refractivity contribution in [2.45, 2.75) is 44.6 Å². The Morgan fingerprint density at radius 3 is 2.47 bits per heavy atom. The van der Waals surface area contributed by atoms with Crippen molar-refractivity contribution in [1.29, 1.82) is 0 Å². The largest absolute Gasteiger partial charge is 0.447 e. The summed E-state index contributed by atoms with van der Waals surface area (Å²) in [6, 6.07) is 7.37. The molecule has 5 rings (SSSR count). The van der Waals surface area contributed by atoms with Crippen molar-refractivity contribution >= 4 is 51.8 Å². The van der Waals surface area contributed by atoms with Crippen molar-refractivity contribution in [3.63, 3.8) is 0 Å². The van der Waals surface area contributed by atoms with Gasteiger partial charge in [0.05, 0.1) is 5.02 Å². The smallest absolute Gasteiger partial charge is 0.294 e. The Kier molecular flexibility index (Phi) is 7.11. The molecule has 9 nitrogen and oxygen atoms in total. The zero-order valence-corrected chi connectivity index (χ0v) is 21.3. The monoisotopic (exact) mass is 510 g/mol. The number of likely N-dealkylation sites (tertiary alicyclic amines) is 1. The Hall–Kier alpha value is -3.17. The van der Waals surface area contributed by atoms with Gasteiger partial charge in [-0.05, 0) is 75.9 Å². The number of aromatic nitrogens is 2. The van der Waals surface area contributed by atoms with Crippen LogP contribution in [0, 0.1) is 5.92 Å². The number of carbonyl (C=O) groups excluding carboxylic acids is 2. The van der Waals surface area contributed by atoms with Crippen LogP contribution in [0.3, 0.4) is 0 Å². The molecule has 4 heterocycles. The molecule has 190 valence electrons. The van der Waals surface area contributed by atoms with E-state index < -0.39 is 5.91 Å². The van der Waals surface area contributed by atoms with Gasteiger partial charge in [0.1, 0.15) is 22.8 Å². The van der Waals surface area contributed by atoms with Crippen molar-refractivity contribution in [3.05, 3.63) is 41.2 Å². The first-order valence-electron chi connectivity index (χ1n) is 12.5. The fraction of sp³-hybridized carbons (Fsp3) is 0.462. The number of nitrogens with zero attached hydrogens (tertiary/aromatic N) is 4. The molecule has 1 saturated heterocycles. The molecular formula is C26H31ClN6O3. The molecular weight excluding hydrogens is 480 g/mol. The highest BCUT2D eigenvalue weighted by molar-refractivity contribution is 6.30. The summed E-state index contributed by atoms with van der Waals surface area (Å²) in [6.45, 7) is 2.34. The van der Waals surface area contributed by atoms with E-state index in [2.05, 4.69) is 25.5 Å². The Morgan fingerprint density at radius 2 is 1.81 bits per heavy atom. The Balaban J connectivity index is 1.38. The van der Waals surface area contributed by atoms with Crippen LogP contribution >= 0.6 is 11.6 Å². The first-order valence-corrected chi connectivity index (χ1v) is 12.9. The van der Waals surface area contributed by atoms with Gasteiger partial charge in [0, 0.05) is 32.3 Å². The predicted octanol–water partition coefficient (Wildman–Crippen LogP) is 4.79. The highest BCUT2D eigenvalue weighted by Crippen LogP contribution is 2.34. The second-order valence-electron chi connectivity index (χ2n) is 9.77. The van der Waals surface area contributed by atoms with Gasteiger partial charge >= 0.3 is 0 Å². The van der Waals surface area contributed by atoms with Gasteiger partial charge in [-0.3, -0.25) is 9.59 Å². The molecule has 2 aliphatic rings. The number of carbonyl (C=O) groups is 2. The lowest BCUT2D eigenvalue weighted by atomic mass is 9.85. The number of nitrogens with one attached hydrogen (secondary N) is 2. The van der Waals surface area contributed by atoms with Crippen LogP contribution in [0.1, 0.15) is 49.1 Å². The van der Waals surface area contributed by atoms with Gasteiger partial charge in [-0.1, -0.05) is 11.6 Å². The van der Waals surface area contributed by atoms with Crippen LogP contribution in [0.2, 0.25) is 5.02 Å². The molecule has 0 bridgehead atoms. The number of anilines is 3. The lowest BCUT2D eigenvalue weighted by Gasteiger charge is -2.33. The summed E-state index contributed by atoms with van der Waals surface area (Å²) in [4.78, 5) is 39.7. The number of amides is 2. The lowest BCUT2D eigenvalue weighted by Crippen LogP contribution is -2.38. The summed E-state index contributed by atoms with van der Waals surface area (Å²) in [5, 5.41) is 6.18. The van der Waals surface area contributed by atoms with E-state index in [0.29, 0.717) is 33.8 Å². The highest BCUT2D eigenvalue weighted by Gasteiger charge is 2.32. The molecule has 2 N–H and O–H groups in total. The van der Waals surface area contributed by atoms with Gasteiger partial charge in [-0.25, -0.2) is 9.97 Å². The molecule has 1 saturated carbocycles. The number of rotatable bonds is 6. The van der Waals surface area contributed by atoms with Gasteiger partial charge in [0.2, 0.25) is 11.7 Å². The van der Waals surface area contributed by atoms with E-state index in [-0.39, 0.29) is 23.3 Å². The van der Waals surface area contributed by atoms with Crippen LogP contribution in [0.15, 0.2) is 34.9 Å². The number of halogens is 1. The predicted molar refractivity (Wildman–Crippen MR) is 141 cm³/mol. The first-order chi connectivity index (χ1) is 17.4. The topological polar surface area (TPSA) is 104 Å². The van der Waals surface area contributed by atoms with Gasteiger partial charge in [0.15, 0.2) is 5.58 Å². The molecule has 3 aromatic rings. The maximum Gasteiger partial charge on any atom is 0.294 e. The SMILES string of the molecule is CN(C)c1ccc2oc(C(=O)Nc3ccc(Cl)cn3)c(NC(=O)C3CCC(N4CCCC4)CC3)c2n1. The molecule has 3 aromatic heterocycles. The molecule has 0 atom stereocenters. The second-order valence-corrected chi connectivity index (χ2v) is 10.2. The van der Waals surface area contributed by atoms with Crippen LogP contribution < -0.4 is 15.5 Å². The second kappa shape index (κ2) is 10.4. The van der Waals surface area contributed by atoms with Gasteiger partial charge in [0.25, 0.3) is 5.91 Å². The maximum absolute atomic E-state index is 13.4. The van der Waals surface area contributed by atoms with E-state index in [1.807, 2.05) is 19.0 Å². The molecule has 1 aliphatic heterocycles. The lowest BCUT2D eigenvalue weighted by molar-refractivity contribution is -0.121. The van der Waals surface area contributed by atoms with E-state index in [4.69, 9.17) is 16.0 Å². The number of furan rings is 1. The minimum Gasteiger partial charge on any atom is -0.447 e. The van der Waals surface area contributed by atoms with Crippen LogP contribution in [-0.2, 0) is 4.79 Å². The third-order valence-corrected chi connectivity index (χ3v) is 7.35. The van der Waals surface area contributed by atoms with Crippen LogP contribution in [0.4, 0.5) is 17.3 Å². The standard InChI is InChI=1S/C26H31ClN6O3/c1-32(2)21-12-10-19-22(30-21)23(24(36-19)26(35)29-20-11-7-17(27)15-28-20)31-25(34)16-5-8-18(9-6-16)33-13-3-4-14-33/h7,10-12,15-16,18H,3-6,8-9,13-14H2,1-2H3,(H,31,34)(H,28,29,35). The van der Waals surface area contributed by atoms with Crippen molar-refractivity contribution in [1.82, 2.24) is 14.9 Å². The number of hydrogen-bond donors (Lipinski definition) is 2. The van der Waals surface area contributed by atoms with E-state index in [9.17, 15) is 9.59 Å². The summed E-state index contributed by atoms with van der Waals surface area (Å²) >= 11 is 5.90. The van der Waals surface area contributed by atoms with Gasteiger partial charge in [-0.2, -0.15) is 0 Å². The third-order valence-electron chi connectivity index (χ3n) is 7.13. The Morgan fingerprint density at radius 1 is 1.06 bits per heavy atom. The molecule has 10 heteroatoms. The summed E-state index contributed by atoms with van der Waals surface area (Å²) in [5.41, 5.74) is 1.14. The van der Waals surface area contributed by atoms with Crippen LogP contribution in [0.5, 0.6) is 0 Å². The minimum absolute atomic E-state index is 0.00995. The number of fused-ring (bicyclic) bond motifs is 1. The fourth-order valence-corrected chi connectivity index (χ4v) is 5.26. The van der Waals surface area contributed by atoms with E-state index in [1.165, 1.54) is 32.1 Å². The quantitative estimate of drug-likeness (QED) is 0.491. The molecule has 0 aromatic carbocycles. The number of hydrogen-bond acceptors (Lipinski definition) is 7. The van der Waals surface area contributed by atoms with Crippen molar-refractivity contribution in [2.24, 2.45) is 5.92 Å². The third kappa shape index (κ3) is 5.17. The summed E-state index contributed by atoms with van der Waals surface area (Å²) in [7, 11) is 3.76. The van der Waals surface area contributed by atoms with Crippen molar-refractivity contribution < 1.29 is 14.0 Å². The minimum atomic E-state index is -0.526. The number of pyridine rings is 2. The van der Waals surface area contributed by atoms with E-state index >= 15 is 0 Å². The van der Waals surface area contributed by atoms with Gasteiger partial charge in [-0.15, -0.1) is 0 Å². The first kappa shape index (κ1) is 24.5. The van der Waals surface area contributed by atoms with E-state index in [1.54, 1.807) is 24.3 Å².